The molecule has 0 saturated carbocycles. The normalized spacial score (nSPS) is 12.8. The van der Waals surface area contributed by atoms with Gasteiger partial charge in [0.2, 0.25) is 0 Å². The molecule has 0 aromatic heterocycles. The Morgan fingerprint density at radius 1 is 1.00 bits per heavy atom. The van der Waals surface area contributed by atoms with Gasteiger partial charge in [-0.25, -0.2) is 0 Å². The van der Waals surface area contributed by atoms with Crippen LogP contribution in [0.25, 0.3) is 0 Å². The molecule has 0 atom stereocenters. The largest absolute Gasteiger partial charge is 0.317 e. The number of rotatable bonds is 0. The second-order valence-electron chi connectivity index (χ2n) is 2.22. The van der Waals surface area contributed by atoms with Crippen molar-refractivity contribution in [3.05, 3.63) is 25.8 Å². The zero-order valence-corrected chi connectivity index (χ0v) is 9.73. The van der Waals surface area contributed by atoms with Gasteiger partial charge in [0.15, 0.2) is 0 Å². The van der Waals surface area contributed by atoms with E-state index in [1.54, 1.807) is 6.08 Å². The van der Waals surface area contributed by atoms with Crippen molar-refractivity contribution in [3.63, 3.8) is 0 Å². The fraction of sp³-hybridized carbons (Fsp3) is 0.667. The molecule has 1 saturated heterocycles. The number of piperidine rings is 1. The minimum absolute atomic E-state index is 1.25. The molecular weight excluding hydrogens is 158 g/mol. The molecule has 0 aromatic rings. The van der Waals surface area contributed by atoms with Crippen molar-refractivity contribution < 1.29 is 0 Å². The minimum atomic E-state index is 1.25. The molecule has 1 nitrogen and oxygen atoms in total. The van der Waals surface area contributed by atoms with Crippen LogP contribution < -0.4 is 5.32 Å². The maximum Gasteiger partial charge on any atom is -0.00489 e. The van der Waals surface area contributed by atoms with Crippen LogP contribution in [0.2, 0.25) is 0 Å². The first-order valence-corrected chi connectivity index (χ1v) is 5.19. The number of hydrogen-bond acceptors (Lipinski definition) is 1. The van der Waals surface area contributed by atoms with Gasteiger partial charge in [-0.05, 0) is 32.9 Å². The number of allylic oxidation sites excluding steroid dienone is 1. The van der Waals surface area contributed by atoms with E-state index >= 15 is 0 Å². The average molecular weight is 185 g/mol. The van der Waals surface area contributed by atoms with E-state index in [-0.39, 0.29) is 0 Å². The van der Waals surface area contributed by atoms with Crippen LogP contribution in [0.5, 0.6) is 0 Å². The van der Waals surface area contributed by atoms with Crippen molar-refractivity contribution in [2.24, 2.45) is 0 Å². The molecule has 0 amide bonds. The highest BCUT2D eigenvalue weighted by Crippen LogP contribution is 1.96. The van der Waals surface area contributed by atoms with Crippen LogP contribution in [-0.4, -0.2) is 13.1 Å². The van der Waals surface area contributed by atoms with E-state index in [0.29, 0.717) is 0 Å². The molecule has 0 unspecified atom stereocenters. The quantitative estimate of drug-likeness (QED) is 0.566. The van der Waals surface area contributed by atoms with E-state index < -0.39 is 0 Å². The maximum absolute atomic E-state index is 3.36. The van der Waals surface area contributed by atoms with E-state index in [4.69, 9.17) is 0 Å². The Morgan fingerprint density at radius 2 is 1.31 bits per heavy atom. The third-order valence-corrected chi connectivity index (χ3v) is 1.21. The van der Waals surface area contributed by atoms with Crippen LogP contribution in [0.15, 0.2) is 25.8 Å². The molecule has 13 heavy (non-hydrogen) atoms. The predicted molar refractivity (Wildman–Crippen MR) is 65.2 cm³/mol. The molecule has 1 aliphatic rings. The smallest absolute Gasteiger partial charge is 0.00489 e. The molecule has 1 heterocycles. The Balaban J connectivity index is -0.000000124. The van der Waals surface area contributed by atoms with Crippen LogP contribution in [0.1, 0.15) is 40.0 Å². The first kappa shape index (κ1) is 18.3. The fourth-order valence-electron chi connectivity index (χ4n) is 0.802. The van der Waals surface area contributed by atoms with E-state index in [9.17, 15) is 0 Å². The van der Waals surface area contributed by atoms with E-state index in [1.807, 2.05) is 20.8 Å². The molecule has 0 spiro atoms. The van der Waals surface area contributed by atoms with Gasteiger partial charge in [-0.15, -0.1) is 19.7 Å². The lowest BCUT2D eigenvalue weighted by molar-refractivity contribution is 0.520. The molecule has 1 rings (SSSR count). The summed E-state index contributed by atoms with van der Waals surface area (Å²) in [6.45, 7) is 17.8. The molecule has 0 bridgehead atoms. The summed E-state index contributed by atoms with van der Waals surface area (Å²) in [6.07, 6.45) is 5.97. The van der Waals surface area contributed by atoms with Crippen LogP contribution in [-0.2, 0) is 0 Å². The second kappa shape index (κ2) is 30.1. The van der Waals surface area contributed by atoms with Crippen molar-refractivity contribution in [1.29, 1.82) is 0 Å². The van der Waals surface area contributed by atoms with Crippen LogP contribution in [0, 0.1) is 0 Å². The van der Waals surface area contributed by atoms with Gasteiger partial charge in [0, 0.05) is 0 Å². The Hall–Kier alpha value is -0.560. The first-order valence-electron chi connectivity index (χ1n) is 5.19. The molecule has 80 valence electrons. The summed E-state index contributed by atoms with van der Waals surface area (Å²) in [6, 6.07) is 0. The SMILES string of the molecule is C1CCNCC1.C=C.C=CC.CC. The van der Waals surface area contributed by atoms with Gasteiger partial charge in [-0.3, -0.25) is 0 Å². The van der Waals surface area contributed by atoms with Gasteiger partial charge in [-0.2, -0.15) is 0 Å². The summed E-state index contributed by atoms with van der Waals surface area (Å²) in [5, 5.41) is 3.28. The highest BCUT2D eigenvalue weighted by molar-refractivity contribution is 4.55. The summed E-state index contributed by atoms with van der Waals surface area (Å²) in [5.41, 5.74) is 0. The van der Waals surface area contributed by atoms with Crippen LogP contribution >= 0.6 is 0 Å². The molecule has 1 heteroatoms. The molecule has 0 radical (unpaired) electrons. The summed E-state index contributed by atoms with van der Waals surface area (Å²) in [7, 11) is 0. The molecule has 1 N–H and O–H groups in total. The molecule has 1 fully saturated rings. The van der Waals surface area contributed by atoms with Crippen molar-refractivity contribution >= 4 is 0 Å². The summed E-state index contributed by atoms with van der Waals surface area (Å²) in [5.74, 6) is 0. The average Bonchev–Trinajstić information content (AvgIpc) is 2.27. The summed E-state index contributed by atoms with van der Waals surface area (Å²) >= 11 is 0. The van der Waals surface area contributed by atoms with Gasteiger partial charge < -0.3 is 5.32 Å². The second-order valence-corrected chi connectivity index (χ2v) is 2.22. The van der Waals surface area contributed by atoms with Gasteiger partial charge in [0.25, 0.3) is 0 Å². The molecule has 0 aliphatic carbocycles. The number of hydrogen-bond donors (Lipinski definition) is 1. The topological polar surface area (TPSA) is 12.0 Å². The van der Waals surface area contributed by atoms with E-state index in [0.717, 1.165) is 0 Å². The lowest BCUT2D eigenvalue weighted by atomic mass is 10.2. The lowest BCUT2D eigenvalue weighted by Gasteiger charge is -2.08. The molecule has 0 aromatic carbocycles. The molecule has 1 aliphatic heterocycles. The summed E-state index contributed by atoms with van der Waals surface area (Å²) < 4.78 is 0. The third kappa shape index (κ3) is 34.4. The van der Waals surface area contributed by atoms with Gasteiger partial charge in [0.05, 0.1) is 0 Å². The van der Waals surface area contributed by atoms with Crippen molar-refractivity contribution in [3.8, 4) is 0 Å². The monoisotopic (exact) mass is 185 g/mol. The fourth-order valence-corrected chi connectivity index (χ4v) is 0.802. The lowest BCUT2D eigenvalue weighted by Crippen LogP contribution is -2.21. The highest BCUT2D eigenvalue weighted by Gasteiger charge is 1.93. The Labute approximate surface area is 84.9 Å². The van der Waals surface area contributed by atoms with Gasteiger partial charge >= 0.3 is 0 Å². The molecular formula is C12H27N. The first-order chi connectivity index (χ1) is 6.41. The standard InChI is InChI=1S/C5H11N.C3H6.C2H6.C2H4/c1-2-4-6-5-3-1;1-3-2;2*1-2/h6H,1-5H2;3H,1H2,2H3;1-2H3;1-2H2. The maximum atomic E-state index is 3.36. The highest BCUT2D eigenvalue weighted by atomic mass is 14.9. The zero-order chi connectivity index (χ0) is 10.9. The Kier molecular flexibility index (Phi) is 42.3. The zero-order valence-electron chi connectivity index (χ0n) is 9.73. The summed E-state index contributed by atoms with van der Waals surface area (Å²) in [4.78, 5) is 0. The Bertz CT molecular complexity index is 54.0. The van der Waals surface area contributed by atoms with E-state index in [1.165, 1.54) is 32.4 Å². The third-order valence-electron chi connectivity index (χ3n) is 1.21. The number of nitrogens with one attached hydrogen (secondary N) is 1. The minimum Gasteiger partial charge on any atom is -0.317 e. The van der Waals surface area contributed by atoms with Crippen molar-refractivity contribution in [2.75, 3.05) is 13.1 Å². The van der Waals surface area contributed by atoms with Crippen LogP contribution in [0.3, 0.4) is 0 Å². The van der Waals surface area contributed by atoms with Crippen LogP contribution in [0.4, 0.5) is 0 Å². The van der Waals surface area contributed by atoms with E-state index in [2.05, 4.69) is 25.1 Å². The van der Waals surface area contributed by atoms with Crippen molar-refractivity contribution in [2.45, 2.75) is 40.0 Å². The Morgan fingerprint density at radius 3 is 1.38 bits per heavy atom. The predicted octanol–water partition coefficient (Wildman–Crippen LogP) is 3.78. The van der Waals surface area contributed by atoms with Crippen molar-refractivity contribution in [1.82, 2.24) is 5.32 Å². The van der Waals surface area contributed by atoms with Gasteiger partial charge in [-0.1, -0.05) is 26.3 Å². The van der Waals surface area contributed by atoms with Gasteiger partial charge in [0.1, 0.15) is 0 Å².